The Bertz CT molecular complexity index is 344. The van der Waals surface area contributed by atoms with Crippen molar-refractivity contribution in [3.8, 4) is 0 Å². The number of rotatable bonds is 6. The van der Waals surface area contributed by atoms with Crippen LogP contribution in [0.15, 0.2) is 12.1 Å². The predicted molar refractivity (Wildman–Crippen MR) is 65.0 cm³/mol. The number of nitrogens with zero attached hydrogens (tertiary/aromatic N) is 1. The summed E-state index contributed by atoms with van der Waals surface area (Å²) in [7, 11) is 0. The second kappa shape index (κ2) is 6.33. The minimum atomic E-state index is -0.210. The highest BCUT2D eigenvalue weighted by Gasteiger charge is 2.12. The minimum absolute atomic E-state index is 0.210. The van der Waals surface area contributed by atoms with Gasteiger partial charge in [0.15, 0.2) is 0 Å². The van der Waals surface area contributed by atoms with Gasteiger partial charge in [-0.2, -0.15) is 0 Å². The first-order valence-corrected chi connectivity index (χ1v) is 5.93. The first kappa shape index (κ1) is 12.8. The molecule has 0 aliphatic heterocycles. The summed E-state index contributed by atoms with van der Waals surface area (Å²) in [4.78, 5) is 11.6. The Balaban J connectivity index is 2.93. The number of carbonyl (C=O) groups excluding carboxylic acids is 1. The van der Waals surface area contributed by atoms with Crippen molar-refractivity contribution in [2.75, 3.05) is 0 Å². The Morgan fingerprint density at radius 2 is 2.12 bits per heavy atom. The maximum Gasteiger partial charge on any atom is 0.281 e. The Hall–Kier alpha value is -1.29. The van der Waals surface area contributed by atoms with Gasteiger partial charge in [-0.3, -0.25) is 10.2 Å². The van der Waals surface area contributed by atoms with Crippen LogP contribution >= 0.6 is 0 Å². The van der Waals surface area contributed by atoms with E-state index >= 15 is 0 Å². The van der Waals surface area contributed by atoms with Crippen LogP contribution in [-0.4, -0.2) is 10.5 Å². The van der Waals surface area contributed by atoms with Crippen LogP contribution in [0.25, 0.3) is 0 Å². The molecule has 0 fully saturated rings. The third kappa shape index (κ3) is 2.85. The highest BCUT2D eigenvalue weighted by atomic mass is 16.2. The van der Waals surface area contributed by atoms with E-state index in [0.29, 0.717) is 5.69 Å². The van der Waals surface area contributed by atoms with E-state index in [-0.39, 0.29) is 5.91 Å². The van der Waals surface area contributed by atoms with Gasteiger partial charge in [0.1, 0.15) is 5.69 Å². The summed E-state index contributed by atoms with van der Waals surface area (Å²) in [5, 5.41) is 0. The van der Waals surface area contributed by atoms with Crippen molar-refractivity contribution in [3.05, 3.63) is 23.5 Å². The third-order valence-electron chi connectivity index (χ3n) is 2.68. The molecule has 16 heavy (non-hydrogen) atoms. The monoisotopic (exact) mass is 223 g/mol. The fourth-order valence-electron chi connectivity index (χ4n) is 1.84. The summed E-state index contributed by atoms with van der Waals surface area (Å²) in [5.74, 6) is 4.96. The normalized spacial score (nSPS) is 10.4. The Morgan fingerprint density at radius 1 is 1.38 bits per heavy atom. The smallest absolute Gasteiger partial charge is 0.281 e. The molecule has 0 radical (unpaired) electrons. The molecule has 4 nitrogen and oxygen atoms in total. The molecule has 0 saturated carbocycles. The summed E-state index contributed by atoms with van der Waals surface area (Å²) in [6.45, 7) is 5.17. The molecule has 1 heterocycles. The number of hydrazine groups is 1. The summed E-state index contributed by atoms with van der Waals surface area (Å²) >= 11 is 0. The van der Waals surface area contributed by atoms with Crippen LogP contribution in [0, 0.1) is 0 Å². The maximum atomic E-state index is 11.6. The number of amides is 1. The molecule has 1 amide bonds. The van der Waals surface area contributed by atoms with E-state index < -0.39 is 0 Å². The van der Waals surface area contributed by atoms with Gasteiger partial charge in [-0.25, -0.2) is 5.84 Å². The lowest BCUT2D eigenvalue weighted by Gasteiger charge is -2.11. The Labute approximate surface area is 96.8 Å². The molecule has 0 bridgehead atoms. The Kier molecular flexibility index (Phi) is 5.05. The van der Waals surface area contributed by atoms with E-state index in [0.717, 1.165) is 32.2 Å². The minimum Gasteiger partial charge on any atom is -0.341 e. The molecule has 1 rings (SSSR count). The molecule has 1 aromatic rings. The van der Waals surface area contributed by atoms with Gasteiger partial charge < -0.3 is 4.57 Å². The van der Waals surface area contributed by atoms with Gasteiger partial charge in [0.2, 0.25) is 0 Å². The van der Waals surface area contributed by atoms with Gasteiger partial charge in [-0.05, 0) is 25.0 Å². The predicted octanol–water partition coefficient (Wildman–Crippen LogP) is 1.84. The van der Waals surface area contributed by atoms with Gasteiger partial charge in [0.05, 0.1) is 0 Å². The van der Waals surface area contributed by atoms with E-state index in [1.807, 2.05) is 12.1 Å². The summed E-state index contributed by atoms with van der Waals surface area (Å²) in [6, 6.07) is 3.87. The molecule has 4 heteroatoms. The van der Waals surface area contributed by atoms with E-state index in [4.69, 9.17) is 5.84 Å². The van der Waals surface area contributed by atoms with Crippen LogP contribution in [0.3, 0.4) is 0 Å². The van der Waals surface area contributed by atoms with Gasteiger partial charge in [0.25, 0.3) is 5.91 Å². The van der Waals surface area contributed by atoms with E-state index in [1.165, 1.54) is 5.69 Å². The topological polar surface area (TPSA) is 60.0 Å². The number of hydrogen-bond donors (Lipinski definition) is 2. The van der Waals surface area contributed by atoms with Gasteiger partial charge in [-0.1, -0.05) is 26.7 Å². The lowest BCUT2D eigenvalue weighted by atomic mass is 10.2. The number of unbranched alkanes of at least 4 members (excludes halogenated alkanes) is 1. The van der Waals surface area contributed by atoms with Crippen molar-refractivity contribution < 1.29 is 4.79 Å². The fourth-order valence-corrected chi connectivity index (χ4v) is 1.84. The first-order chi connectivity index (χ1) is 7.74. The zero-order valence-electron chi connectivity index (χ0n) is 10.1. The molecule has 90 valence electrons. The van der Waals surface area contributed by atoms with Gasteiger partial charge in [-0.15, -0.1) is 0 Å². The number of aromatic nitrogens is 1. The van der Waals surface area contributed by atoms with Crippen molar-refractivity contribution in [3.63, 3.8) is 0 Å². The number of carbonyl (C=O) groups is 1. The molecule has 0 aliphatic carbocycles. The van der Waals surface area contributed by atoms with Crippen molar-refractivity contribution >= 4 is 5.91 Å². The van der Waals surface area contributed by atoms with Crippen molar-refractivity contribution in [2.24, 2.45) is 5.84 Å². The molecule has 0 aromatic carbocycles. The van der Waals surface area contributed by atoms with Crippen LogP contribution in [0.2, 0.25) is 0 Å². The highest BCUT2D eigenvalue weighted by molar-refractivity contribution is 5.92. The van der Waals surface area contributed by atoms with Crippen LogP contribution in [0.1, 0.15) is 49.3 Å². The SMILES string of the molecule is CCCCn1c(CCC)ccc1C(=O)NN. The highest BCUT2D eigenvalue weighted by Crippen LogP contribution is 2.13. The van der Waals surface area contributed by atoms with Crippen LogP contribution in [0.4, 0.5) is 0 Å². The van der Waals surface area contributed by atoms with E-state index in [9.17, 15) is 4.79 Å². The zero-order chi connectivity index (χ0) is 12.0. The average Bonchev–Trinajstić information content (AvgIpc) is 2.69. The first-order valence-electron chi connectivity index (χ1n) is 5.93. The molecule has 0 saturated heterocycles. The second-order valence-electron chi connectivity index (χ2n) is 3.94. The fraction of sp³-hybridized carbons (Fsp3) is 0.583. The quantitative estimate of drug-likeness (QED) is 0.439. The van der Waals surface area contributed by atoms with Gasteiger partial charge in [0, 0.05) is 12.2 Å². The van der Waals surface area contributed by atoms with E-state index in [1.54, 1.807) is 0 Å². The molecule has 0 spiro atoms. The molecule has 0 aliphatic rings. The molecule has 0 atom stereocenters. The third-order valence-corrected chi connectivity index (χ3v) is 2.68. The number of hydrogen-bond acceptors (Lipinski definition) is 2. The summed E-state index contributed by atoms with van der Waals surface area (Å²) in [6.07, 6.45) is 4.28. The van der Waals surface area contributed by atoms with Crippen molar-refractivity contribution in [1.29, 1.82) is 0 Å². The largest absolute Gasteiger partial charge is 0.341 e. The summed E-state index contributed by atoms with van der Waals surface area (Å²) < 4.78 is 2.08. The number of aryl methyl sites for hydroxylation is 1. The Morgan fingerprint density at radius 3 is 2.69 bits per heavy atom. The molecule has 0 unspecified atom stereocenters. The number of nitrogens with two attached hydrogens (primary N) is 1. The van der Waals surface area contributed by atoms with Crippen molar-refractivity contribution in [1.82, 2.24) is 9.99 Å². The molecule has 3 N–H and O–H groups in total. The molecule has 1 aromatic heterocycles. The average molecular weight is 223 g/mol. The van der Waals surface area contributed by atoms with Crippen LogP contribution in [-0.2, 0) is 13.0 Å². The number of nitrogens with one attached hydrogen (secondary N) is 1. The lowest BCUT2D eigenvalue weighted by Crippen LogP contribution is -2.32. The zero-order valence-corrected chi connectivity index (χ0v) is 10.1. The molecular weight excluding hydrogens is 202 g/mol. The standard InChI is InChI=1S/C12H21N3O/c1-3-5-9-15-10(6-4-2)7-8-11(15)12(16)14-13/h7-8H,3-6,9,13H2,1-2H3,(H,14,16). The molecular formula is C12H21N3O. The van der Waals surface area contributed by atoms with E-state index in [2.05, 4.69) is 23.8 Å². The van der Waals surface area contributed by atoms with Gasteiger partial charge >= 0.3 is 0 Å². The van der Waals surface area contributed by atoms with Crippen molar-refractivity contribution in [2.45, 2.75) is 46.1 Å². The van der Waals surface area contributed by atoms with Crippen LogP contribution in [0.5, 0.6) is 0 Å². The maximum absolute atomic E-state index is 11.6. The lowest BCUT2D eigenvalue weighted by molar-refractivity contribution is 0.0943. The van der Waals surface area contributed by atoms with Crippen LogP contribution < -0.4 is 11.3 Å². The number of nitrogen functional groups attached to an aromatic ring is 1. The second-order valence-corrected chi connectivity index (χ2v) is 3.94. The summed E-state index contributed by atoms with van der Waals surface area (Å²) in [5.41, 5.74) is 4.08.